The van der Waals surface area contributed by atoms with Crippen molar-refractivity contribution in [3.63, 3.8) is 0 Å². The maximum Gasteiger partial charge on any atom is 0.288 e. The highest BCUT2D eigenvalue weighted by Crippen LogP contribution is 2.35. The molecule has 0 saturated carbocycles. The van der Waals surface area contributed by atoms with E-state index in [1.165, 1.54) is 42.5 Å². The molecule has 0 N–H and O–H groups in total. The van der Waals surface area contributed by atoms with Gasteiger partial charge in [-0.25, -0.2) is 13.8 Å². The fraction of sp³-hybridized carbons (Fsp3) is 0. The number of halogens is 2. The molecular formula is C17H10F2N2O2. The third-order valence-electron chi connectivity index (χ3n) is 3.38. The van der Waals surface area contributed by atoms with Crippen molar-refractivity contribution < 1.29 is 13.7 Å². The third kappa shape index (κ3) is 2.78. The predicted octanol–water partition coefficient (Wildman–Crippen LogP) is 4.60. The van der Waals surface area contributed by atoms with Crippen LogP contribution in [0.25, 0.3) is 22.4 Å². The summed E-state index contributed by atoms with van der Waals surface area (Å²) in [6.45, 7) is 0. The first-order valence-electron chi connectivity index (χ1n) is 6.72. The molecule has 0 amide bonds. The molecule has 114 valence electrons. The summed E-state index contributed by atoms with van der Waals surface area (Å²) in [7, 11) is 0. The molecule has 0 saturated heterocycles. The first-order valence-corrected chi connectivity index (χ1v) is 6.72. The SMILES string of the molecule is O=[N+]([O-])c1cnc(-c2ccccc2F)c(-c2ccccc2F)c1. The van der Waals surface area contributed by atoms with Gasteiger partial charge in [-0.2, -0.15) is 0 Å². The highest BCUT2D eigenvalue weighted by molar-refractivity contribution is 5.82. The fourth-order valence-electron chi connectivity index (χ4n) is 2.31. The lowest BCUT2D eigenvalue weighted by Gasteiger charge is -2.10. The lowest BCUT2D eigenvalue weighted by Crippen LogP contribution is -1.97. The normalized spacial score (nSPS) is 10.5. The molecule has 3 aromatic rings. The van der Waals surface area contributed by atoms with Crippen LogP contribution >= 0.6 is 0 Å². The predicted molar refractivity (Wildman–Crippen MR) is 81.7 cm³/mol. The van der Waals surface area contributed by atoms with Crippen LogP contribution < -0.4 is 0 Å². The van der Waals surface area contributed by atoms with Crippen LogP contribution in [-0.4, -0.2) is 9.91 Å². The molecule has 0 aliphatic heterocycles. The van der Waals surface area contributed by atoms with Crippen molar-refractivity contribution in [2.75, 3.05) is 0 Å². The van der Waals surface area contributed by atoms with Gasteiger partial charge in [0.15, 0.2) is 0 Å². The van der Waals surface area contributed by atoms with Crippen molar-refractivity contribution in [1.29, 1.82) is 0 Å². The summed E-state index contributed by atoms with van der Waals surface area (Å²) in [5, 5.41) is 11.0. The van der Waals surface area contributed by atoms with Gasteiger partial charge in [0.05, 0.1) is 10.6 Å². The summed E-state index contributed by atoms with van der Waals surface area (Å²) >= 11 is 0. The van der Waals surface area contributed by atoms with Crippen LogP contribution in [-0.2, 0) is 0 Å². The van der Waals surface area contributed by atoms with Gasteiger partial charge < -0.3 is 0 Å². The van der Waals surface area contributed by atoms with E-state index >= 15 is 0 Å². The van der Waals surface area contributed by atoms with Crippen molar-refractivity contribution in [3.8, 4) is 22.4 Å². The minimum atomic E-state index is -0.623. The zero-order chi connectivity index (χ0) is 16.4. The lowest BCUT2D eigenvalue weighted by molar-refractivity contribution is -0.385. The Kier molecular flexibility index (Phi) is 3.80. The lowest BCUT2D eigenvalue weighted by atomic mass is 9.98. The molecule has 0 aliphatic carbocycles. The smallest absolute Gasteiger partial charge is 0.258 e. The van der Waals surface area contributed by atoms with Gasteiger partial charge in [0, 0.05) is 22.8 Å². The summed E-state index contributed by atoms with van der Waals surface area (Å²) in [5.74, 6) is -1.10. The summed E-state index contributed by atoms with van der Waals surface area (Å²) in [6, 6.07) is 12.9. The molecule has 0 spiro atoms. The van der Waals surface area contributed by atoms with E-state index in [-0.39, 0.29) is 28.1 Å². The second kappa shape index (κ2) is 5.92. The summed E-state index contributed by atoms with van der Waals surface area (Å²) in [5.41, 5.74) is 0.312. The van der Waals surface area contributed by atoms with Gasteiger partial charge in [-0.1, -0.05) is 30.3 Å². The molecule has 0 atom stereocenters. The van der Waals surface area contributed by atoms with E-state index in [2.05, 4.69) is 4.98 Å². The fourth-order valence-corrected chi connectivity index (χ4v) is 2.31. The number of rotatable bonds is 3. The third-order valence-corrected chi connectivity index (χ3v) is 3.38. The van der Waals surface area contributed by atoms with E-state index in [1.807, 2.05) is 0 Å². The molecule has 23 heavy (non-hydrogen) atoms. The number of nitro groups is 1. The molecule has 0 fully saturated rings. The van der Waals surface area contributed by atoms with Crippen LogP contribution in [0.2, 0.25) is 0 Å². The van der Waals surface area contributed by atoms with E-state index in [0.29, 0.717) is 0 Å². The zero-order valence-corrected chi connectivity index (χ0v) is 11.7. The van der Waals surface area contributed by atoms with Crippen LogP contribution in [0.15, 0.2) is 60.8 Å². The standard InChI is InChI=1S/C17H10F2N2O2/c18-15-7-3-1-5-12(15)14-9-11(21(22)23)10-20-17(14)13-6-2-4-8-16(13)19/h1-10H. The van der Waals surface area contributed by atoms with Gasteiger partial charge >= 0.3 is 0 Å². The highest BCUT2D eigenvalue weighted by Gasteiger charge is 2.19. The average molecular weight is 312 g/mol. The topological polar surface area (TPSA) is 56.0 Å². The molecule has 4 nitrogen and oxygen atoms in total. The van der Waals surface area contributed by atoms with E-state index < -0.39 is 16.6 Å². The Morgan fingerprint density at radius 2 is 1.43 bits per heavy atom. The van der Waals surface area contributed by atoms with Crippen LogP contribution in [0.4, 0.5) is 14.5 Å². The quantitative estimate of drug-likeness (QED) is 0.524. The van der Waals surface area contributed by atoms with Crippen molar-refractivity contribution >= 4 is 5.69 Å². The zero-order valence-electron chi connectivity index (χ0n) is 11.7. The minimum Gasteiger partial charge on any atom is -0.258 e. The Hall–Kier alpha value is -3.15. The van der Waals surface area contributed by atoms with Crippen molar-refractivity contribution in [3.05, 3.63) is 82.5 Å². The average Bonchev–Trinajstić information content (AvgIpc) is 2.55. The van der Waals surface area contributed by atoms with E-state index in [9.17, 15) is 18.9 Å². The molecule has 0 aliphatic rings. The number of nitrogens with zero attached hydrogens (tertiary/aromatic N) is 2. The number of hydrogen-bond donors (Lipinski definition) is 0. The van der Waals surface area contributed by atoms with Crippen LogP contribution in [0, 0.1) is 21.7 Å². The maximum atomic E-state index is 14.1. The number of pyridine rings is 1. The van der Waals surface area contributed by atoms with Crippen LogP contribution in [0.5, 0.6) is 0 Å². The van der Waals surface area contributed by atoms with Gasteiger partial charge in [-0.3, -0.25) is 10.1 Å². The molecule has 6 heteroatoms. The van der Waals surface area contributed by atoms with Crippen molar-refractivity contribution in [1.82, 2.24) is 4.98 Å². The first kappa shape index (κ1) is 14.8. The second-order valence-corrected chi connectivity index (χ2v) is 4.81. The summed E-state index contributed by atoms with van der Waals surface area (Å²) in [6.07, 6.45) is 1.03. The first-order chi connectivity index (χ1) is 11.1. The van der Waals surface area contributed by atoms with Gasteiger partial charge in [0.25, 0.3) is 5.69 Å². The maximum absolute atomic E-state index is 14.1. The molecule has 0 unspecified atom stereocenters. The van der Waals surface area contributed by atoms with E-state index in [1.54, 1.807) is 12.1 Å². The summed E-state index contributed by atoms with van der Waals surface area (Å²) < 4.78 is 28.2. The minimum absolute atomic E-state index is 0.127. The molecule has 2 aromatic carbocycles. The van der Waals surface area contributed by atoms with Gasteiger partial charge in [0.1, 0.15) is 17.8 Å². The monoisotopic (exact) mass is 312 g/mol. The van der Waals surface area contributed by atoms with Gasteiger partial charge in [-0.05, 0) is 18.2 Å². The van der Waals surface area contributed by atoms with E-state index in [4.69, 9.17) is 0 Å². The Morgan fingerprint density at radius 3 is 2.00 bits per heavy atom. The molecule has 3 rings (SSSR count). The molecule has 1 heterocycles. The van der Waals surface area contributed by atoms with Crippen molar-refractivity contribution in [2.45, 2.75) is 0 Å². The number of hydrogen-bond acceptors (Lipinski definition) is 3. The summed E-state index contributed by atoms with van der Waals surface area (Å²) in [4.78, 5) is 14.4. The second-order valence-electron chi connectivity index (χ2n) is 4.81. The molecule has 0 radical (unpaired) electrons. The van der Waals surface area contributed by atoms with Gasteiger partial charge in [-0.15, -0.1) is 0 Å². The Labute approximate surface area is 130 Å². The molecular weight excluding hydrogens is 302 g/mol. The van der Waals surface area contributed by atoms with Crippen LogP contribution in [0.1, 0.15) is 0 Å². The Balaban J connectivity index is 2.31. The van der Waals surface area contributed by atoms with Gasteiger partial charge in [0.2, 0.25) is 0 Å². The van der Waals surface area contributed by atoms with E-state index in [0.717, 1.165) is 6.20 Å². The molecule has 1 aromatic heterocycles. The van der Waals surface area contributed by atoms with Crippen LogP contribution in [0.3, 0.4) is 0 Å². The Morgan fingerprint density at radius 1 is 0.870 bits per heavy atom. The molecule has 0 bridgehead atoms. The largest absolute Gasteiger partial charge is 0.288 e. The number of benzene rings is 2. The van der Waals surface area contributed by atoms with Crippen molar-refractivity contribution in [2.24, 2.45) is 0 Å². The Bertz CT molecular complexity index is 897. The highest BCUT2D eigenvalue weighted by atomic mass is 19.1. The number of aromatic nitrogens is 1.